The first-order valence-electron chi connectivity index (χ1n) is 9.00. The zero-order valence-corrected chi connectivity index (χ0v) is 15.1. The smallest absolute Gasteiger partial charge is 0.0755 e. The Morgan fingerprint density at radius 2 is 1.92 bits per heavy atom. The van der Waals surface area contributed by atoms with Gasteiger partial charge < -0.3 is 4.74 Å². The third kappa shape index (κ3) is 4.04. The maximum absolute atomic E-state index is 6.35. The number of benzene rings is 1. The van der Waals surface area contributed by atoms with Crippen LogP contribution in [-0.2, 0) is 17.8 Å². The number of halogens is 1. The Labute approximate surface area is 154 Å². The number of hydrogen-bond donors (Lipinski definition) is 0. The summed E-state index contributed by atoms with van der Waals surface area (Å²) < 4.78 is 6.07. The lowest BCUT2D eigenvalue weighted by molar-refractivity contribution is -0.107. The normalized spacial score (nSPS) is 24.8. The van der Waals surface area contributed by atoms with Crippen molar-refractivity contribution in [3.63, 3.8) is 0 Å². The van der Waals surface area contributed by atoms with E-state index >= 15 is 0 Å². The number of piperidine rings is 1. The molecule has 2 aromatic rings. The summed E-state index contributed by atoms with van der Waals surface area (Å²) >= 11 is 6.35. The Balaban J connectivity index is 1.45. The third-order valence-corrected chi connectivity index (χ3v) is 5.64. The Hall–Kier alpha value is -1.46. The maximum Gasteiger partial charge on any atom is 0.0755 e. The molecule has 0 N–H and O–H groups in total. The number of morpholine rings is 1. The summed E-state index contributed by atoms with van der Waals surface area (Å²) in [4.78, 5) is 9.21. The van der Waals surface area contributed by atoms with Gasteiger partial charge in [0, 0.05) is 56.2 Å². The summed E-state index contributed by atoms with van der Waals surface area (Å²) in [6.07, 6.45) is 5.18. The molecule has 0 bridgehead atoms. The minimum atomic E-state index is 0.345. The Morgan fingerprint density at radius 3 is 2.76 bits per heavy atom. The van der Waals surface area contributed by atoms with Crippen LogP contribution in [0.15, 0.2) is 48.8 Å². The van der Waals surface area contributed by atoms with Crippen molar-refractivity contribution in [1.82, 2.24) is 14.8 Å². The van der Waals surface area contributed by atoms with Crippen molar-refractivity contribution in [2.75, 3.05) is 26.2 Å². The SMILES string of the molecule is Clc1ccccc1CN1CC[C@@H]2OCCN(Cc3ccncc3)[C@H]2C1. The van der Waals surface area contributed by atoms with Gasteiger partial charge in [0.25, 0.3) is 0 Å². The molecule has 25 heavy (non-hydrogen) atoms. The monoisotopic (exact) mass is 357 g/mol. The van der Waals surface area contributed by atoms with E-state index in [4.69, 9.17) is 16.3 Å². The lowest BCUT2D eigenvalue weighted by Crippen LogP contribution is -2.59. The largest absolute Gasteiger partial charge is 0.375 e. The van der Waals surface area contributed by atoms with E-state index in [1.807, 2.05) is 24.5 Å². The first kappa shape index (κ1) is 17.0. The average Bonchev–Trinajstić information content (AvgIpc) is 2.65. The van der Waals surface area contributed by atoms with Crippen molar-refractivity contribution in [3.8, 4) is 0 Å². The van der Waals surface area contributed by atoms with Crippen LogP contribution in [0, 0.1) is 0 Å². The van der Waals surface area contributed by atoms with Crippen molar-refractivity contribution >= 4 is 11.6 Å². The van der Waals surface area contributed by atoms with Crippen LogP contribution >= 0.6 is 11.6 Å². The molecule has 0 unspecified atom stereocenters. The summed E-state index contributed by atoms with van der Waals surface area (Å²) in [6, 6.07) is 12.8. The zero-order valence-electron chi connectivity index (χ0n) is 14.4. The Bertz CT molecular complexity index is 696. The highest BCUT2D eigenvalue weighted by Gasteiger charge is 2.36. The highest BCUT2D eigenvalue weighted by Crippen LogP contribution is 2.26. The number of pyridine rings is 1. The molecule has 2 aliphatic rings. The van der Waals surface area contributed by atoms with Crippen LogP contribution < -0.4 is 0 Å². The number of nitrogens with zero attached hydrogens (tertiary/aromatic N) is 3. The van der Waals surface area contributed by atoms with Crippen LogP contribution in [0.4, 0.5) is 0 Å². The molecule has 1 aromatic carbocycles. The molecule has 2 atom stereocenters. The topological polar surface area (TPSA) is 28.6 Å². The molecule has 0 spiro atoms. The number of ether oxygens (including phenoxy) is 1. The van der Waals surface area contributed by atoms with E-state index in [1.165, 1.54) is 11.1 Å². The molecule has 0 amide bonds. The first-order valence-corrected chi connectivity index (χ1v) is 9.38. The molecule has 3 heterocycles. The first-order chi connectivity index (χ1) is 12.3. The minimum Gasteiger partial charge on any atom is -0.375 e. The van der Waals surface area contributed by atoms with E-state index in [9.17, 15) is 0 Å². The van der Waals surface area contributed by atoms with Crippen molar-refractivity contribution in [3.05, 3.63) is 64.9 Å². The van der Waals surface area contributed by atoms with Crippen LogP contribution in [0.5, 0.6) is 0 Å². The van der Waals surface area contributed by atoms with E-state index in [2.05, 4.69) is 39.0 Å². The quantitative estimate of drug-likeness (QED) is 0.840. The molecule has 5 heteroatoms. The van der Waals surface area contributed by atoms with Crippen molar-refractivity contribution in [2.45, 2.75) is 31.7 Å². The summed E-state index contributed by atoms with van der Waals surface area (Å²) in [7, 11) is 0. The standard InChI is InChI=1S/C20H24ClN3O/c21-18-4-2-1-3-17(18)14-23-10-7-20-19(15-23)24(11-12-25-20)13-16-5-8-22-9-6-16/h1-6,8-9,19-20H,7,10-15H2/t19-,20-/m0/s1. The van der Waals surface area contributed by atoms with E-state index in [-0.39, 0.29) is 0 Å². The van der Waals surface area contributed by atoms with Crippen LogP contribution in [0.25, 0.3) is 0 Å². The fourth-order valence-electron chi connectivity index (χ4n) is 3.94. The molecular weight excluding hydrogens is 334 g/mol. The van der Waals surface area contributed by atoms with Crippen molar-refractivity contribution in [1.29, 1.82) is 0 Å². The number of aromatic nitrogens is 1. The van der Waals surface area contributed by atoms with Gasteiger partial charge in [0.1, 0.15) is 0 Å². The van der Waals surface area contributed by atoms with E-state index in [1.54, 1.807) is 0 Å². The molecule has 4 nitrogen and oxygen atoms in total. The fourth-order valence-corrected chi connectivity index (χ4v) is 4.13. The molecular formula is C20H24ClN3O. The molecule has 132 valence electrons. The Kier molecular flexibility index (Phi) is 5.32. The van der Waals surface area contributed by atoms with Crippen LogP contribution in [0.1, 0.15) is 17.5 Å². The van der Waals surface area contributed by atoms with E-state index < -0.39 is 0 Å². The second-order valence-corrected chi connectivity index (χ2v) is 7.32. The summed E-state index contributed by atoms with van der Waals surface area (Å²) in [5.41, 5.74) is 2.53. The molecule has 2 saturated heterocycles. The van der Waals surface area contributed by atoms with Gasteiger partial charge in [-0.25, -0.2) is 0 Å². The predicted octanol–water partition coefficient (Wildman–Crippen LogP) is 3.21. The molecule has 0 radical (unpaired) electrons. The second kappa shape index (κ2) is 7.83. The Morgan fingerprint density at radius 1 is 1.08 bits per heavy atom. The molecule has 1 aromatic heterocycles. The van der Waals surface area contributed by atoms with Gasteiger partial charge in [-0.15, -0.1) is 0 Å². The van der Waals surface area contributed by atoms with Gasteiger partial charge in [0.05, 0.1) is 12.7 Å². The van der Waals surface area contributed by atoms with Crippen LogP contribution in [0.2, 0.25) is 5.02 Å². The highest BCUT2D eigenvalue weighted by molar-refractivity contribution is 6.31. The molecule has 2 fully saturated rings. The van der Waals surface area contributed by atoms with E-state index in [0.29, 0.717) is 12.1 Å². The van der Waals surface area contributed by atoms with Crippen LogP contribution in [-0.4, -0.2) is 53.2 Å². The third-order valence-electron chi connectivity index (χ3n) is 5.27. The lowest BCUT2D eigenvalue weighted by atomic mass is 9.97. The summed E-state index contributed by atoms with van der Waals surface area (Å²) in [5, 5.41) is 0.859. The van der Waals surface area contributed by atoms with E-state index in [0.717, 1.165) is 50.8 Å². The molecule has 2 aliphatic heterocycles. The number of hydrogen-bond acceptors (Lipinski definition) is 4. The molecule has 4 rings (SSSR count). The predicted molar refractivity (Wildman–Crippen MR) is 99.5 cm³/mol. The van der Waals surface area contributed by atoms with Gasteiger partial charge in [0.2, 0.25) is 0 Å². The van der Waals surface area contributed by atoms with Crippen molar-refractivity contribution < 1.29 is 4.74 Å². The lowest BCUT2D eigenvalue weighted by Gasteiger charge is -2.47. The zero-order chi connectivity index (χ0) is 17.1. The van der Waals surface area contributed by atoms with Gasteiger partial charge in [-0.1, -0.05) is 29.8 Å². The van der Waals surface area contributed by atoms with Crippen molar-refractivity contribution in [2.24, 2.45) is 0 Å². The molecule has 0 aliphatic carbocycles. The fraction of sp³-hybridized carbons (Fsp3) is 0.450. The highest BCUT2D eigenvalue weighted by atomic mass is 35.5. The van der Waals surface area contributed by atoms with Gasteiger partial charge in [0.15, 0.2) is 0 Å². The molecule has 0 saturated carbocycles. The second-order valence-electron chi connectivity index (χ2n) is 6.92. The number of rotatable bonds is 4. The number of likely N-dealkylation sites (tertiary alicyclic amines) is 1. The van der Waals surface area contributed by atoms with Gasteiger partial charge in [-0.3, -0.25) is 14.8 Å². The average molecular weight is 358 g/mol. The number of fused-ring (bicyclic) bond motifs is 1. The van der Waals surface area contributed by atoms with Gasteiger partial charge in [-0.2, -0.15) is 0 Å². The maximum atomic E-state index is 6.35. The summed E-state index contributed by atoms with van der Waals surface area (Å²) in [5.74, 6) is 0. The summed E-state index contributed by atoms with van der Waals surface area (Å²) in [6.45, 7) is 5.79. The van der Waals surface area contributed by atoms with Gasteiger partial charge >= 0.3 is 0 Å². The minimum absolute atomic E-state index is 0.345. The van der Waals surface area contributed by atoms with Gasteiger partial charge in [-0.05, 0) is 35.7 Å². The van der Waals surface area contributed by atoms with Crippen LogP contribution in [0.3, 0.4) is 0 Å².